The number of nitrogens with zero attached hydrogens (tertiary/aromatic N) is 2. The molecule has 0 radical (unpaired) electrons. The van der Waals surface area contributed by atoms with Crippen molar-refractivity contribution in [1.82, 2.24) is 9.55 Å². The lowest BCUT2D eigenvalue weighted by atomic mass is 9.82. The number of hydrogen-bond donors (Lipinski definition) is 0. The van der Waals surface area contributed by atoms with Crippen molar-refractivity contribution in [1.29, 1.82) is 0 Å². The molecular formula is C16H20N2O2S. The maximum atomic E-state index is 12.7. The fourth-order valence-corrected chi connectivity index (χ4v) is 4.78. The van der Waals surface area contributed by atoms with E-state index in [1.807, 2.05) is 16.9 Å². The number of aryl methyl sites for hydroxylation is 1. The average Bonchev–Trinajstić information content (AvgIpc) is 3.06. The molecule has 2 fully saturated rings. The van der Waals surface area contributed by atoms with Crippen LogP contribution in [0.15, 0.2) is 16.5 Å². The van der Waals surface area contributed by atoms with Gasteiger partial charge in [0.2, 0.25) is 0 Å². The van der Waals surface area contributed by atoms with Crippen molar-refractivity contribution >= 4 is 21.6 Å². The van der Waals surface area contributed by atoms with E-state index in [0.29, 0.717) is 6.61 Å². The highest BCUT2D eigenvalue weighted by Crippen LogP contribution is 2.43. The van der Waals surface area contributed by atoms with Gasteiger partial charge in [-0.3, -0.25) is 9.36 Å². The van der Waals surface area contributed by atoms with Crippen LogP contribution in [0, 0.1) is 6.92 Å². The first-order chi connectivity index (χ1) is 10.2. The van der Waals surface area contributed by atoms with Crippen LogP contribution in [0.5, 0.6) is 0 Å². The molecule has 1 spiro atoms. The molecular weight excluding hydrogens is 284 g/mol. The Morgan fingerprint density at radius 2 is 2.19 bits per heavy atom. The first kappa shape index (κ1) is 13.5. The standard InChI is InChI=1S/C16H20N2O2S/c1-11-9-21-14-13(11)17-10-18(15(14)19)12-7-16(20-8-12)5-3-2-4-6-16/h9-10,12H,2-8H2,1H3/t12-/m1/s1. The summed E-state index contributed by atoms with van der Waals surface area (Å²) in [6, 6.07) is 0.148. The van der Waals surface area contributed by atoms with Crippen LogP contribution in [-0.2, 0) is 4.74 Å². The van der Waals surface area contributed by atoms with Gasteiger partial charge in [-0.1, -0.05) is 19.3 Å². The molecule has 5 heteroatoms. The lowest BCUT2D eigenvalue weighted by Gasteiger charge is -2.32. The van der Waals surface area contributed by atoms with E-state index in [-0.39, 0.29) is 17.2 Å². The van der Waals surface area contributed by atoms with Gasteiger partial charge in [0.1, 0.15) is 4.70 Å². The monoisotopic (exact) mass is 304 g/mol. The molecule has 1 aliphatic carbocycles. The highest BCUT2D eigenvalue weighted by molar-refractivity contribution is 7.17. The number of thiophene rings is 1. The molecule has 3 heterocycles. The van der Waals surface area contributed by atoms with Gasteiger partial charge in [-0.25, -0.2) is 4.98 Å². The Bertz CT molecular complexity index is 727. The summed E-state index contributed by atoms with van der Waals surface area (Å²) < 4.78 is 8.72. The van der Waals surface area contributed by atoms with Crippen LogP contribution in [0.25, 0.3) is 10.2 Å². The third-order valence-electron chi connectivity index (χ3n) is 5.03. The van der Waals surface area contributed by atoms with Crippen LogP contribution in [0.3, 0.4) is 0 Å². The summed E-state index contributed by atoms with van der Waals surface area (Å²) in [6.45, 7) is 2.66. The molecule has 2 aromatic rings. The summed E-state index contributed by atoms with van der Waals surface area (Å²) in [5, 5.41) is 2.01. The molecule has 112 valence electrons. The van der Waals surface area contributed by atoms with E-state index < -0.39 is 0 Å². The SMILES string of the molecule is Cc1csc2c(=O)n([C@H]3COC4(CCCCC4)C3)cnc12. The Kier molecular flexibility index (Phi) is 3.15. The second-order valence-corrected chi connectivity index (χ2v) is 7.35. The summed E-state index contributed by atoms with van der Waals surface area (Å²) in [5.41, 5.74) is 2.07. The maximum Gasteiger partial charge on any atom is 0.271 e. The third-order valence-corrected chi connectivity index (χ3v) is 6.10. The van der Waals surface area contributed by atoms with Gasteiger partial charge < -0.3 is 4.74 Å². The zero-order valence-corrected chi connectivity index (χ0v) is 13.1. The van der Waals surface area contributed by atoms with Crippen LogP contribution < -0.4 is 5.56 Å². The average molecular weight is 304 g/mol. The lowest BCUT2D eigenvalue weighted by molar-refractivity contribution is -0.0248. The Morgan fingerprint density at radius 1 is 1.38 bits per heavy atom. The topological polar surface area (TPSA) is 44.1 Å². The van der Waals surface area contributed by atoms with Crippen LogP contribution in [0.2, 0.25) is 0 Å². The predicted octanol–water partition coefficient (Wildman–Crippen LogP) is 3.43. The highest BCUT2D eigenvalue weighted by atomic mass is 32.1. The van der Waals surface area contributed by atoms with Crippen LogP contribution in [0.4, 0.5) is 0 Å². The van der Waals surface area contributed by atoms with Crippen LogP contribution in [-0.4, -0.2) is 21.8 Å². The van der Waals surface area contributed by atoms with E-state index in [1.54, 1.807) is 6.33 Å². The van der Waals surface area contributed by atoms with E-state index in [9.17, 15) is 4.79 Å². The third kappa shape index (κ3) is 2.14. The Balaban J connectivity index is 1.68. The minimum atomic E-state index is 0.0304. The Morgan fingerprint density at radius 3 is 3.00 bits per heavy atom. The molecule has 2 aliphatic rings. The second kappa shape index (κ2) is 4.92. The molecule has 0 bridgehead atoms. The van der Waals surface area contributed by atoms with E-state index >= 15 is 0 Å². The molecule has 1 atom stereocenters. The van der Waals surface area contributed by atoms with Crippen molar-refractivity contribution < 1.29 is 4.74 Å². The van der Waals surface area contributed by atoms with Crippen LogP contribution in [0.1, 0.15) is 50.1 Å². The highest BCUT2D eigenvalue weighted by Gasteiger charge is 2.42. The fraction of sp³-hybridized carbons (Fsp3) is 0.625. The molecule has 4 rings (SSSR count). The van der Waals surface area contributed by atoms with E-state index in [2.05, 4.69) is 4.98 Å². The van der Waals surface area contributed by atoms with Crippen molar-refractivity contribution in [3.8, 4) is 0 Å². The van der Waals surface area contributed by atoms with Crippen molar-refractivity contribution in [2.45, 2.75) is 57.1 Å². The van der Waals surface area contributed by atoms with Gasteiger partial charge in [-0.2, -0.15) is 0 Å². The van der Waals surface area contributed by atoms with Gasteiger partial charge in [0, 0.05) is 0 Å². The van der Waals surface area contributed by atoms with Crippen LogP contribution >= 0.6 is 11.3 Å². The molecule has 1 saturated heterocycles. The summed E-state index contributed by atoms with van der Waals surface area (Å²) in [7, 11) is 0. The number of fused-ring (bicyclic) bond motifs is 1. The number of ether oxygens (including phenoxy) is 1. The zero-order valence-electron chi connectivity index (χ0n) is 12.3. The number of hydrogen-bond acceptors (Lipinski definition) is 4. The lowest BCUT2D eigenvalue weighted by Crippen LogP contribution is -2.31. The van der Waals surface area contributed by atoms with Gasteiger partial charge in [-0.05, 0) is 37.1 Å². The van der Waals surface area contributed by atoms with Gasteiger partial charge in [-0.15, -0.1) is 11.3 Å². The van der Waals surface area contributed by atoms with Gasteiger partial charge in [0.25, 0.3) is 5.56 Å². The minimum absolute atomic E-state index is 0.0304. The normalized spacial score (nSPS) is 24.9. The number of aromatic nitrogens is 2. The van der Waals surface area contributed by atoms with E-state index in [0.717, 1.165) is 35.0 Å². The van der Waals surface area contributed by atoms with Gasteiger partial charge in [0.05, 0.1) is 30.1 Å². The molecule has 4 nitrogen and oxygen atoms in total. The van der Waals surface area contributed by atoms with Crippen molar-refractivity contribution in [2.24, 2.45) is 0 Å². The predicted molar refractivity (Wildman–Crippen MR) is 84.0 cm³/mol. The van der Waals surface area contributed by atoms with Gasteiger partial charge in [0.15, 0.2) is 0 Å². The maximum absolute atomic E-state index is 12.7. The first-order valence-corrected chi connectivity index (χ1v) is 8.65. The fourth-order valence-electron chi connectivity index (χ4n) is 3.84. The van der Waals surface area contributed by atoms with Crippen molar-refractivity contribution in [2.75, 3.05) is 6.61 Å². The summed E-state index contributed by atoms with van der Waals surface area (Å²) in [4.78, 5) is 17.2. The minimum Gasteiger partial charge on any atom is -0.373 e. The molecule has 0 amide bonds. The molecule has 0 unspecified atom stereocenters. The van der Waals surface area contributed by atoms with Crippen molar-refractivity contribution in [3.05, 3.63) is 27.6 Å². The molecule has 2 aromatic heterocycles. The second-order valence-electron chi connectivity index (χ2n) is 6.47. The quantitative estimate of drug-likeness (QED) is 0.810. The summed E-state index contributed by atoms with van der Waals surface area (Å²) in [5.74, 6) is 0. The zero-order chi connectivity index (χ0) is 14.4. The van der Waals surface area contributed by atoms with Gasteiger partial charge >= 0.3 is 0 Å². The Hall–Kier alpha value is -1.20. The molecule has 0 N–H and O–H groups in total. The number of rotatable bonds is 1. The Labute approximate surface area is 127 Å². The first-order valence-electron chi connectivity index (χ1n) is 7.77. The largest absolute Gasteiger partial charge is 0.373 e. The van der Waals surface area contributed by atoms with E-state index in [1.165, 1.54) is 30.6 Å². The summed E-state index contributed by atoms with van der Waals surface area (Å²) in [6.07, 6.45) is 8.80. The molecule has 21 heavy (non-hydrogen) atoms. The smallest absolute Gasteiger partial charge is 0.271 e. The summed E-state index contributed by atoms with van der Waals surface area (Å²) >= 11 is 1.50. The van der Waals surface area contributed by atoms with Crippen molar-refractivity contribution in [3.63, 3.8) is 0 Å². The van der Waals surface area contributed by atoms with E-state index in [4.69, 9.17) is 4.74 Å². The molecule has 0 aromatic carbocycles. The molecule has 1 aliphatic heterocycles. The molecule has 1 saturated carbocycles.